The highest BCUT2D eigenvalue weighted by molar-refractivity contribution is 9.10. The molecule has 0 saturated heterocycles. The second-order valence-corrected chi connectivity index (χ2v) is 4.55. The highest BCUT2D eigenvalue weighted by Crippen LogP contribution is 2.31. The second kappa shape index (κ2) is 3.81. The van der Waals surface area contributed by atoms with Crippen molar-refractivity contribution in [3.63, 3.8) is 0 Å². The molecule has 0 amide bonds. The van der Waals surface area contributed by atoms with Gasteiger partial charge in [-0.2, -0.15) is 0 Å². The molecule has 1 aromatic heterocycles. The fraction of sp³-hybridized carbons (Fsp3) is 0. The zero-order valence-corrected chi connectivity index (χ0v) is 10.4. The highest BCUT2D eigenvalue weighted by atomic mass is 79.9. The molecule has 0 aliphatic heterocycles. The van der Waals surface area contributed by atoms with E-state index >= 15 is 0 Å². The molecule has 72 valence electrons. The lowest BCUT2D eigenvalue weighted by molar-refractivity contribution is 1.22. The maximum atomic E-state index is 5.89. The van der Waals surface area contributed by atoms with Crippen molar-refractivity contribution in [1.29, 1.82) is 0 Å². The molecule has 1 aromatic carbocycles. The van der Waals surface area contributed by atoms with Crippen molar-refractivity contribution < 1.29 is 0 Å². The van der Waals surface area contributed by atoms with Crippen LogP contribution in [0.5, 0.6) is 0 Å². The number of rotatable bonds is 0. The van der Waals surface area contributed by atoms with Crippen LogP contribution in [-0.2, 0) is 0 Å². The Labute approximate surface area is 103 Å². The molecule has 0 aliphatic rings. The van der Waals surface area contributed by atoms with Crippen LogP contribution < -0.4 is 0 Å². The number of nitrogens with zero attached hydrogens (tertiary/aromatic N) is 2. The number of halogens is 4. The SMILES string of the molecule is Clc1cc(Br)c2nc(Cl)nc(Cl)c2c1. The van der Waals surface area contributed by atoms with E-state index in [1.54, 1.807) is 12.1 Å². The molecular formula is C8H2BrCl3N2. The van der Waals surface area contributed by atoms with Gasteiger partial charge >= 0.3 is 0 Å². The summed E-state index contributed by atoms with van der Waals surface area (Å²) in [5, 5.41) is 1.65. The molecule has 0 bridgehead atoms. The molecular weight excluding hydrogens is 310 g/mol. The van der Waals surface area contributed by atoms with Gasteiger partial charge in [0.1, 0.15) is 5.15 Å². The molecule has 0 unspecified atom stereocenters. The minimum absolute atomic E-state index is 0.116. The summed E-state index contributed by atoms with van der Waals surface area (Å²) in [4.78, 5) is 7.87. The van der Waals surface area contributed by atoms with Crippen LogP contribution in [0.1, 0.15) is 0 Å². The largest absolute Gasteiger partial charge is 0.224 e. The normalized spacial score (nSPS) is 10.9. The Bertz CT molecular complexity index is 468. The predicted octanol–water partition coefficient (Wildman–Crippen LogP) is 4.35. The second-order valence-electron chi connectivity index (χ2n) is 2.57. The Hall–Kier alpha value is -0.0900. The lowest BCUT2D eigenvalue weighted by Gasteiger charge is -2.02. The summed E-state index contributed by atoms with van der Waals surface area (Å²) in [6.07, 6.45) is 0. The third kappa shape index (κ3) is 1.82. The molecule has 2 rings (SSSR count). The monoisotopic (exact) mass is 310 g/mol. The van der Waals surface area contributed by atoms with Crippen molar-refractivity contribution in [2.45, 2.75) is 0 Å². The minimum Gasteiger partial charge on any atom is -0.217 e. The van der Waals surface area contributed by atoms with Crippen molar-refractivity contribution >= 4 is 61.6 Å². The van der Waals surface area contributed by atoms with Gasteiger partial charge in [-0.15, -0.1) is 0 Å². The molecule has 2 aromatic rings. The fourth-order valence-electron chi connectivity index (χ4n) is 1.10. The molecule has 0 aliphatic carbocycles. The Kier molecular flexibility index (Phi) is 2.84. The zero-order chi connectivity index (χ0) is 10.3. The van der Waals surface area contributed by atoms with Crippen molar-refractivity contribution in [3.8, 4) is 0 Å². The van der Waals surface area contributed by atoms with E-state index in [1.165, 1.54) is 0 Å². The van der Waals surface area contributed by atoms with Crippen molar-refractivity contribution in [2.75, 3.05) is 0 Å². The lowest BCUT2D eigenvalue weighted by atomic mass is 10.2. The first-order valence-electron chi connectivity index (χ1n) is 3.56. The van der Waals surface area contributed by atoms with Crippen molar-refractivity contribution in [1.82, 2.24) is 9.97 Å². The van der Waals surface area contributed by atoms with Gasteiger partial charge in [0.15, 0.2) is 0 Å². The summed E-state index contributed by atoms with van der Waals surface area (Å²) < 4.78 is 0.742. The third-order valence-electron chi connectivity index (χ3n) is 1.64. The molecule has 0 atom stereocenters. The molecule has 0 fully saturated rings. The Balaban J connectivity index is 2.94. The Morgan fingerprint density at radius 1 is 1.07 bits per heavy atom. The molecule has 2 nitrogen and oxygen atoms in total. The molecule has 14 heavy (non-hydrogen) atoms. The molecule has 0 N–H and O–H groups in total. The molecule has 6 heteroatoms. The first kappa shape index (κ1) is 10.4. The topological polar surface area (TPSA) is 25.8 Å². The van der Waals surface area contributed by atoms with Gasteiger partial charge in [0.25, 0.3) is 0 Å². The quantitative estimate of drug-likeness (QED) is 0.534. The molecule has 0 saturated carbocycles. The van der Waals surface area contributed by atoms with E-state index in [1.807, 2.05) is 0 Å². The number of benzene rings is 1. The van der Waals surface area contributed by atoms with E-state index in [4.69, 9.17) is 34.8 Å². The van der Waals surface area contributed by atoms with Crippen LogP contribution in [0.4, 0.5) is 0 Å². The lowest BCUT2D eigenvalue weighted by Crippen LogP contribution is -1.87. The zero-order valence-electron chi connectivity index (χ0n) is 6.56. The fourth-order valence-corrected chi connectivity index (χ4v) is 2.43. The van der Waals surface area contributed by atoms with E-state index in [0.717, 1.165) is 4.47 Å². The Morgan fingerprint density at radius 3 is 2.50 bits per heavy atom. The summed E-state index contributed by atoms with van der Waals surface area (Å²) in [6, 6.07) is 3.42. The number of aromatic nitrogens is 2. The summed E-state index contributed by atoms with van der Waals surface area (Å²) in [6.45, 7) is 0. The van der Waals surface area contributed by atoms with Crippen LogP contribution in [0, 0.1) is 0 Å². The minimum atomic E-state index is 0.116. The van der Waals surface area contributed by atoms with Crippen molar-refractivity contribution in [2.24, 2.45) is 0 Å². The smallest absolute Gasteiger partial charge is 0.217 e. The summed E-state index contributed by atoms with van der Waals surface area (Å²) in [5.41, 5.74) is 0.652. The summed E-state index contributed by atoms with van der Waals surface area (Å²) in [5.74, 6) is 0. The van der Waals surface area contributed by atoms with E-state index in [9.17, 15) is 0 Å². The van der Waals surface area contributed by atoms with Gasteiger partial charge in [0, 0.05) is 14.9 Å². The molecule has 0 radical (unpaired) electrons. The maximum absolute atomic E-state index is 5.89. The number of hydrogen-bond donors (Lipinski definition) is 0. The number of fused-ring (bicyclic) bond motifs is 1. The van der Waals surface area contributed by atoms with Gasteiger partial charge in [-0.3, -0.25) is 0 Å². The van der Waals surface area contributed by atoms with Gasteiger partial charge in [-0.05, 0) is 39.7 Å². The van der Waals surface area contributed by atoms with E-state index < -0.39 is 0 Å². The van der Waals surface area contributed by atoms with Crippen LogP contribution >= 0.6 is 50.7 Å². The molecule has 0 spiro atoms. The van der Waals surface area contributed by atoms with Gasteiger partial charge in [0.05, 0.1) is 5.52 Å². The van der Waals surface area contributed by atoms with Crippen LogP contribution in [0.25, 0.3) is 10.9 Å². The van der Waals surface area contributed by atoms with Gasteiger partial charge < -0.3 is 0 Å². The highest BCUT2D eigenvalue weighted by Gasteiger charge is 2.08. The average Bonchev–Trinajstić information content (AvgIpc) is 2.07. The van der Waals surface area contributed by atoms with Crippen molar-refractivity contribution in [3.05, 3.63) is 32.1 Å². The van der Waals surface area contributed by atoms with Crippen LogP contribution in [0.3, 0.4) is 0 Å². The Morgan fingerprint density at radius 2 is 1.79 bits per heavy atom. The third-order valence-corrected chi connectivity index (χ3v) is 2.92. The van der Waals surface area contributed by atoms with Gasteiger partial charge in [0.2, 0.25) is 5.28 Å². The number of hydrogen-bond acceptors (Lipinski definition) is 2. The molecule has 1 heterocycles. The maximum Gasteiger partial charge on any atom is 0.224 e. The van der Waals surface area contributed by atoms with Crippen LogP contribution in [-0.4, -0.2) is 9.97 Å². The summed E-state index contributed by atoms with van der Waals surface area (Å²) in [7, 11) is 0. The first-order valence-corrected chi connectivity index (χ1v) is 5.48. The van der Waals surface area contributed by atoms with E-state index in [0.29, 0.717) is 21.1 Å². The van der Waals surface area contributed by atoms with Crippen LogP contribution in [0.2, 0.25) is 15.5 Å². The average molecular weight is 312 g/mol. The first-order chi connectivity index (χ1) is 6.58. The van der Waals surface area contributed by atoms with Gasteiger partial charge in [-0.25, -0.2) is 9.97 Å². The standard InChI is InChI=1S/C8H2BrCl3N2/c9-5-2-3(10)1-4-6(5)13-8(12)14-7(4)11/h1-2H. The van der Waals surface area contributed by atoms with Gasteiger partial charge in [-0.1, -0.05) is 23.2 Å². The summed E-state index contributed by atoms with van der Waals surface area (Å²) >= 11 is 20.7. The van der Waals surface area contributed by atoms with E-state index in [-0.39, 0.29) is 5.28 Å². The predicted molar refractivity (Wildman–Crippen MR) is 62.3 cm³/mol. The van der Waals surface area contributed by atoms with E-state index in [2.05, 4.69) is 25.9 Å². The van der Waals surface area contributed by atoms with Crippen LogP contribution in [0.15, 0.2) is 16.6 Å².